The largest absolute Gasteiger partial charge is 0.368 e. The maximum absolute atomic E-state index is 13.9. The average Bonchev–Trinajstić information content (AvgIpc) is 3.65. The number of nitrogens with zero attached hydrogens (tertiary/aromatic N) is 4. The lowest BCUT2D eigenvalue weighted by Crippen LogP contribution is -2.58. The monoisotopic (exact) mass is 739 g/mol. The third-order valence-corrected chi connectivity index (χ3v) is 11.4. The summed E-state index contributed by atoms with van der Waals surface area (Å²) in [4.78, 5) is 57.9. The van der Waals surface area contributed by atoms with Crippen LogP contribution < -0.4 is 26.4 Å². The lowest BCUT2D eigenvalue weighted by atomic mass is 9.86. The van der Waals surface area contributed by atoms with Gasteiger partial charge in [0, 0.05) is 18.3 Å². The van der Waals surface area contributed by atoms with Crippen LogP contribution in [0.15, 0.2) is 40.4 Å². The normalized spacial score (nSPS) is 20.2. The van der Waals surface area contributed by atoms with Crippen LogP contribution in [-0.2, 0) is 35.6 Å². The van der Waals surface area contributed by atoms with E-state index in [-0.39, 0.29) is 28.6 Å². The quantitative estimate of drug-likeness (QED) is 0.172. The number of hydrogen-bond acceptors (Lipinski definition) is 9. The number of unbranched alkanes of at least 4 members (excludes halogenated alkanes) is 1. The number of fused-ring (bicyclic) bond motifs is 1. The number of aromatic nitrogens is 3. The third-order valence-electron chi connectivity index (χ3n) is 9.97. The number of benzene rings is 1. The van der Waals surface area contributed by atoms with Gasteiger partial charge in [0.05, 0.1) is 10.6 Å². The molecule has 1 aromatic carbocycles. The summed E-state index contributed by atoms with van der Waals surface area (Å²) in [7, 11) is -3.81. The van der Waals surface area contributed by atoms with Gasteiger partial charge in [0.1, 0.15) is 29.5 Å². The van der Waals surface area contributed by atoms with E-state index in [2.05, 4.69) is 36.0 Å². The summed E-state index contributed by atoms with van der Waals surface area (Å²) in [5.41, 5.74) is 5.39. The van der Waals surface area contributed by atoms with Crippen molar-refractivity contribution in [2.75, 3.05) is 6.54 Å². The topological polar surface area (TPSA) is 220 Å². The number of nitrogens with two attached hydrogens (primary N) is 1. The molecular formula is C36H53N9O6S. The first-order valence-electron chi connectivity index (χ1n) is 18.4. The average molecular weight is 740 g/mol. The summed E-state index contributed by atoms with van der Waals surface area (Å²) >= 11 is 0. The second-order valence-corrected chi connectivity index (χ2v) is 17.3. The Balaban J connectivity index is 1.23. The number of sulfonamides is 1. The number of carbonyl (C=O) groups is 4. The van der Waals surface area contributed by atoms with E-state index in [1.807, 2.05) is 33.9 Å². The molecule has 2 saturated carbocycles. The standard InChI is InChI=1S/C36H53N9O6S/c1-5-6-15-26(39-31-25-14-10-11-16-29(25)52(50,51)43-31)32(47)38-21-27(30(37)46)40-34(49)36(17-18-36)41-33(48)28(20-35(2,3)4)45-22-24(42-44-45)19-23-12-8-7-9-13-23/h10-11,14,16,22-23,26-28H,5-9,12-13,15,17-21H2,1-4H3,(H2,37,46)(H,38,47)(H,39,43)(H,40,49)(H,41,48)/t26?,27-,28+/m1/s1. The van der Waals surface area contributed by atoms with E-state index in [4.69, 9.17) is 5.73 Å². The number of nitrogens with one attached hydrogen (secondary N) is 4. The van der Waals surface area contributed by atoms with Crippen LogP contribution in [-0.4, -0.2) is 77.0 Å². The van der Waals surface area contributed by atoms with Gasteiger partial charge in [-0.15, -0.1) is 5.10 Å². The van der Waals surface area contributed by atoms with Gasteiger partial charge in [-0.2, -0.15) is 0 Å². The first-order valence-corrected chi connectivity index (χ1v) is 19.9. The van der Waals surface area contributed by atoms with Crippen LogP contribution in [0.25, 0.3) is 0 Å². The number of amidine groups is 1. The summed E-state index contributed by atoms with van der Waals surface area (Å²) in [5, 5.41) is 17.0. The van der Waals surface area contributed by atoms with Crippen molar-refractivity contribution in [3.05, 3.63) is 41.7 Å². The van der Waals surface area contributed by atoms with E-state index in [1.165, 1.54) is 38.2 Å². The first kappa shape index (κ1) is 38.9. The van der Waals surface area contributed by atoms with Crippen LogP contribution in [0.3, 0.4) is 0 Å². The number of aliphatic imine (C=N–C) groups is 1. The van der Waals surface area contributed by atoms with Crippen LogP contribution in [0.5, 0.6) is 0 Å². The molecule has 5 rings (SSSR count). The highest BCUT2D eigenvalue weighted by Gasteiger charge is 2.53. The molecule has 15 nitrogen and oxygen atoms in total. The van der Waals surface area contributed by atoms with Crippen LogP contribution in [0, 0.1) is 11.3 Å². The summed E-state index contributed by atoms with van der Waals surface area (Å²) in [6.45, 7) is 7.72. The minimum atomic E-state index is -3.81. The number of carbonyl (C=O) groups excluding carboxylic acids is 4. The summed E-state index contributed by atoms with van der Waals surface area (Å²) in [6, 6.07) is 3.40. The van der Waals surface area contributed by atoms with Crippen molar-refractivity contribution in [2.45, 2.75) is 133 Å². The Hall–Kier alpha value is -4.34. The minimum absolute atomic E-state index is 0.0640. The van der Waals surface area contributed by atoms with E-state index in [0.717, 1.165) is 18.5 Å². The fourth-order valence-electron chi connectivity index (χ4n) is 6.86. The fourth-order valence-corrected chi connectivity index (χ4v) is 8.10. The minimum Gasteiger partial charge on any atom is -0.368 e. The summed E-state index contributed by atoms with van der Waals surface area (Å²) < 4.78 is 29.2. The summed E-state index contributed by atoms with van der Waals surface area (Å²) in [6.07, 6.45) is 11.6. The molecule has 2 aliphatic carbocycles. The number of amides is 4. The lowest BCUT2D eigenvalue weighted by Gasteiger charge is -2.28. The Kier molecular flexibility index (Phi) is 12.1. The van der Waals surface area contributed by atoms with Crippen LogP contribution in [0.1, 0.15) is 116 Å². The lowest BCUT2D eigenvalue weighted by molar-refractivity contribution is -0.134. The Morgan fingerprint density at radius 3 is 2.46 bits per heavy atom. The van der Waals surface area contributed by atoms with Gasteiger partial charge in [-0.05, 0) is 55.6 Å². The molecule has 3 aliphatic rings. The summed E-state index contributed by atoms with van der Waals surface area (Å²) in [5.74, 6) is -1.75. The predicted molar refractivity (Wildman–Crippen MR) is 194 cm³/mol. The van der Waals surface area contributed by atoms with Crippen molar-refractivity contribution < 1.29 is 27.6 Å². The second kappa shape index (κ2) is 16.1. The van der Waals surface area contributed by atoms with Gasteiger partial charge >= 0.3 is 0 Å². The van der Waals surface area contributed by atoms with E-state index >= 15 is 0 Å². The van der Waals surface area contributed by atoms with Gasteiger partial charge in [-0.3, -0.25) is 28.9 Å². The van der Waals surface area contributed by atoms with Crippen molar-refractivity contribution in [3.63, 3.8) is 0 Å². The van der Waals surface area contributed by atoms with Crippen LogP contribution in [0.4, 0.5) is 0 Å². The molecule has 16 heteroatoms. The van der Waals surface area contributed by atoms with E-state index in [1.54, 1.807) is 22.9 Å². The van der Waals surface area contributed by atoms with Crippen molar-refractivity contribution in [3.8, 4) is 0 Å². The van der Waals surface area contributed by atoms with Crippen molar-refractivity contribution in [1.82, 2.24) is 35.7 Å². The maximum atomic E-state index is 13.9. The van der Waals surface area contributed by atoms with Gasteiger partial charge in [-0.25, -0.2) is 13.1 Å². The van der Waals surface area contributed by atoms with Crippen molar-refractivity contribution in [2.24, 2.45) is 22.1 Å². The zero-order chi connectivity index (χ0) is 37.7. The van der Waals surface area contributed by atoms with Gasteiger partial charge < -0.3 is 21.7 Å². The molecule has 2 aromatic rings. The molecule has 284 valence electrons. The van der Waals surface area contributed by atoms with Crippen LogP contribution in [0.2, 0.25) is 0 Å². The molecule has 52 heavy (non-hydrogen) atoms. The highest BCUT2D eigenvalue weighted by Crippen LogP contribution is 2.37. The molecule has 0 saturated heterocycles. The number of rotatable bonds is 16. The maximum Gasteiger partial charge on any atom is 0.263 e. The van der Waals surface area contributed by atoms with Gasteiger partial charge in [0.2, 0.25) is 23.6 Å². The Labute approximate surface area is 305 Å². The van der Waals surface area contributed by atoms with Crippen molar-refractivity contribution in [1.29, 1.82) is 0 Å². The Bertz CT molecular complexity index is 1770. The Morgan fingerprint density at radius 1 is 1.10 bits per heavy atom. The molecule has 0 bridgehead atoms. The molecular weight excluding hydrogens is 687 g/mol. The molecule has 1 aromatic heterocycles. The molecule has 6 N–H and O–H groups in total. The first-order chi connectivity index (χ1) is 24.6. The van der Waals surface area contributed by atoms with Crippen LogP contribution >= 0.6 is 0 Å². The number of primary amides is 1. The Morgan fingerprint density at radius 2 is 1.81 bits per heavy atom. The molecule has 0 radical (unpaired) electrons. The van der Waals surface area contributed by atoms with Gasteiger partial charge in [0.15, 0.2) is 0 Å². The third kappa shape index (κ3) is 9.75. The second-order valence-electron chi connectivity index (χ2n) is 15.7. The van der Waals surface area contributed by atoms with E-state index in [9.17, 15) is 27.6 Å². The van der Waals surface area contributed by atoms with E-state index in [0.29, 0.717) is 43.6 Å². The zero-order valence-electron chi connectivity index (χ0n) is 30.6. The van der Waals surface area contributed by atoms with E-state index < -0.39 is 51.4 Å². The smallest absolute Gasteiger partial charge is 0.263 e. The predicted octanol–water partition coefficient (Wildman–Crippen LogP) is 2.41. The molecule has 4 amide bonds. The fraction of sp³-hybridized carbons (Fsp3) is 0.639. The number of hydrogen-bond donors (Lipinski definition) is 5. The molecule has 2 heterocycles. The molecule has 1 unspecified atom stereocenters. The highest BCUT2D eigenvalue weighted by molar-refractivity contribution is 7.90. The molecule has 0 spiro atoms. The van der Waals surface area contributed by atoms with Gasteiger partial charge in [-0.1, -0.05) is 90.0 Å². The molecule has 2 fully saturated rings. The molecule has 3 atom stereocenters. The molecule has 1 aliphatic heterocycles. The zero-order valence-corrected chi connectivity index (χ0v) is 31.4. The highest BCUT2D eigenvalue weighted by atomic mass is 32.2. The SMILES string of the molecule is CCCCC(N=C1NS(=O)(=O)c2ccccc21)C(=O)NC[C@@H](NC(=O)C1(NC(=O)[C@H](CC(C)(C)C)n2cc(CC3CCCCC3)nn2)CC1)C(N)=O. The van der Waals surface area contributed by atoms with Crippen molar-refractivity contribution >= 4 is 39.5 Å². The van der Waals surface area contributed by atoms with Gasteiger partial charge in [0.25, 0.3) is 10.0 Å².